The van der Waals surface area contributed by atoms with Gasteiger partial charge in [-0.25, -0.2) is 0 Å². The topological polar surface area (TPSA) is 89.9 Å². The van der Waals surface area contributed by atoms with Gasteiger partial charge < -0.3 is 15.5 Å². The number of carbonyl (C=O) groups excluding carboxylic acids is 1. The van der Waals surface area contributed by atoms with E-state index in [1.54, 1.807) is 0 Å². The second-order valence-electron chi connectivity index (χ2n) is 6.42. The molecular weight excluding hydrogens is 331 g/mol. The Morgan fingerprint density at radius 1 is 1.00 bits per heavy atom. The van der Waals surface area contributed by atoms with Gasteiger partial charge in [0.05, 0.1) is 6.54 Å². The van der Waals surface area contributed by atoms with E-state index in [-0.39, 0.29) is 42.0 Å². The average molecular weight is 368 g/mol. The third kappa shape index (κ3) is 18.4. The number of unbranched alkanes of at least 4 members (excludes halogenated alkanes) is 8. The molecule has 0 aromatic carbocycles. The first-order valence-electron chi connectivity index (χ1n) is 9.38. The first kappa shape index (κ1) is 27.1. The molecular formula is C18H37N2NaO4. The van der Waals surface area contributed by atoms with Crippen LogP contribution in [0.1, 0.15) is 78.1 Å². The summed E-state index contributed by atoms with van der Waals surface area (Å²) < 4.78 is 0. The van der Waals surface area contributed by atoms with Crippen molar-refractivity contribution in [1.82, 2.24) is 10.2 Å². The van der Waals surface area contributed by atoms with E-state index in [2.05, 4.69) is 12.2 Å². The number of carboxylic acids is 1. The van der Waals surface area contributed by atoms with Crippen molar-refractivity contribution in [2.24, 2.45) is 0 Å². The van der Waals surface area contributed by atoms with Crippen molar-refractivity contribution >= 4 is 41.4 Å². The Morgan fingerprint density at radius 2 is 1.52 bits per heavy atom. The van der Waals surface area contributed by atoms with Gasteiger partial charge in [-0.1, -0.05) is 58.3 Å². The van der Waals surface area contributed by atoms with Crippen LogP contribution in [0.2, 0.25) is 0 Å². The van der Waals surface area contributed by atoms with Gasteiger partial charge in [0.1, 0.15) is 6.23 Å². The number of amides is 1. The summed E-state index contributed by atoms with van der Waals surface area (Å²) in [4.78, 5) is 23.8. The Kier molecular flexibility index (Phi) is 20.2. The minimum atomic E-state index is -0.989. The zero-order valence-electron chi connectivity index (χ0n) is 15.4. The van der Waals surface area contributed by atoms with Crippen LogP contribution < -0.4 is 5.32 Å². The Bertz CT molecular complexity index is 341. The number of rotatable bonds is 16. The van der Waals surface area contributed by atoms with E-state index in [1.807, 2.05) is 0 Å². The first-order chi connectivity index (χ1) is 11.5. The number of carboxylic acid groups (broad SMARTS) is 1. The Morgan fingerprint density at radius 3 is 2.00 bits per heavy atom. The van der Waals surface area contributed by atoms with E-state index in [1.165, 1.54) is 56.8 Å². The normalized spacial score (nSPS) is 11.8. The molecule has 1 atom stereocenters. The van der Waals surface area contributed by atoms with Crippen molar-refractivity contribution in [2.75, 3.05) is 19.6 Å². The summed E-state index contributed by atoms with van der Waals surface area (Å²) in [5, 5.41) is 21.0. The fourth-order valence-electron chi connectivity index (χ4n) is 2.60. The first-order valence-corrected chi connectivity index (χ1v) is 9.38. The van der Waals surface area contributed by atoms with Crippen LogP contribution in [0.4, 0.5) is 0 Å². The monoisotopic (exact) mass is 368 g/mol. The summed E-state index contributed by atoms with van der Waals surface area (Å²) in [7, 11) is 0. The summed E-state index contributed by atoms with van der Waals surface area (Å²) in [6.45, 7) is 4.19. The molecule has 0 heterocycles. The van der Waals surface area contributed by atoms with Gasteiger partial charge >= 0.3 is 35.5 Å². The summed E-state index contributed by atoms with van der Waals surface area (Å²) in [6, 6.07) is 0. The molecule has 144 valence electrons. The van der Waals surface area contributed by atoms with E-state index in [9.17, 15) is 14.7 Å². The fourth-order valence-corrected chi connectivity index (χ4v) is 2.60. The molecule has 25 heavy (non-hydrogen) atoms. The number of aliphatic hydroxyl groups is 1. The van der Waals surface area contributed by atoms with E-state index in [0.29, 0.717) is 19.5 Å². The van der Waals surface area contributed by atoms with E-state index in [0.717, 1.165) is 12.8 Å². The van der Waals surface area contributed by atoms with Crippen LogP contribution in [-0.2, 0) is 9.59 Å². The van der Waals surface area contributed by atoms with Crippen LogP contribution in [0, 0.1) is 0 Å². The van der Waals surface area contributed by atoms with Gasteiger partial charge in [-0.15, -0.1) is 0 Å². The van der Waals surface area contributed by atoms with Gasteiger partial charge in [0, 0.05) is 19.5 Å². The van der Waals surface area contributed by atoms with Gasteiger partial charge in [-0.3, -0.25) is 14.5 Å². The maximum atomic E-state index is 11.7. The summed E-state index contributed by atoms with van der Waals surface area (Å²) >= 11 is 0. The zero-order valence-corrected chi connectivity index (χ0v) is 15.4. The molecule has 0 fully saturated rings. The molecule has 0 rings (SSSR count). The van der Waals surface area contributed by atoms with Crippen molar-refractivity contribution in [2.45, 2.75) is 84.3 Å². The van der Waals surface area contributed by atoms with E-state index in [4.69, 9.17) is 5.11 Å². The van der Waals surface area contributed by atoms with Crippen molar-refractivity contribution in [1.29, 1.82) is 0 Å². The zero-order chi connectivity index (χ0) is 18.2. The van der Waals surface area contributed by atoms with Crippen LogP contribution in [0.25, 0.3) is 0 Å². The molecule has 0 aromatic rings. The number of nitrogens with one attached hydrogen (secondary N) is 1. The van der Waals surface area contributed by atoms with E-state index < -0.39 is 12.2 Å². The van der Waals surface area contributed by atoms with Crippen molar-refractivity contribution in [3.63, 3.8) is 0 Å². The standard InChI is InChI=1S/C18H36N2O4.Na.H/c1-3-4-5-6-7-8-9-10-11-12-17(22)19-13-14-20(16(2)21)15-18(23)24;;/h16,21H,3-15H2,1-2H3,(H,19,22)(H,23,24);;. The van der Waals surface area contributed by atoms with Gasteiger partial charge in [0.2, 0.25) is 5.91 Å². The minimum absolute atomic E-state index is 0. The molecule has 0 spiro atoms. The number of hydrogen-bond donors (Lipinski definition) is 3. The second-order valence-corrected chi connectivity index (χ2v) is 6.42. The van der Waals surface area contributed by atoms with Crippen LogP contribution >= 0.6 is 0 Å². The fraction of sp³-hybridized carbons (Fsp3) is 0.889. The van der Waals surface area contributed by atoms with Crippen LogP contribution in [0.5, 0.6) is 0 Å². The Balaban J connectivity index is 0. The van der Waals surface area contributed by atoms with Crippen LogP contribution in [0.3, 0.4) is 0 Å². The number of aliphatic carboxylic acids is 1. The Hall–Kier alpha value is -0.140. The second kappa shape index (κ2) is 18.6. The number of nitrogens with zero attached hydrogens (tertiary/aromatic N) is 1. The predicted octanol–water partition coefficient (Wildman–Crippen LogP) is 2.10. The molecule has 1 amide bonds. The molecule has 0 saturated carbocycles. The molecule has 0 aromatic heterocycles. The van der Waals surface area contributed by atoms with Gasteiger partial charge in [-0.05, 0) is 13.3 Å². The molecule has 0 aliphatic heterocycles. The molecule has 0 radical (unpaired) electrons. The van der Waals surface area contributed by atoms with Crippen molar-refractivity contribution < 1.29 is 19.8 Å². The summed E-state index contributed by atoms with van der Waals surface area (Å²) in [5.74, 6) is -0.990. The van der Waals surface area contributed by atoms with Crippen molar-refractivity contribution in [3.8, 4) is 0 Å². The van der Waals surface area contributed by atoms with Gasteiger partial charge in [-0.2, -0.15) is 0 Å². The molecule has 0 aliphatic carbocycles. The summed E-state index contributed by atoms with van der Waals surface area (Å²) in [5.41, 5.74) is 0. The van der Waals surface area contributed by atoms with Gasteiger partial charge in [0.25, 0.3) is 0 Å². The van der Waals surface area contributed by atoms with Crippen LogP contribution in [0.15, 0.2) is 0 Å². The predicted molar refractivity (Wildman–Crippen MR) is 103 cm³/mol. The SMILES string of the molecule is CCCCCCCCCCCC(=O)NCCN(CC(=O)O)C(C)O.[NaH]. The maximum absolute atomic E-state index is 11.7. The number of aliphatic hydroxyl groups excluding tert-OH is 1. The molecule has 7 heteroatoms. The van der Waals surface area contributed by atoms with E-state index >= 15 is 0 Å². The third-order valence-electron chi connectivity index (χ3n) is 4.10. The molecule has 6 nitrogen and oxygen atoms in total. The average Bonchev–Trinajstić information content (AvgIpc) is 2.51. The van der Waals surface area contributed by atoms with Crippen molar-refractivity contribution in [3.05, 3.63) is 0 Å². The molecule has 0 aliphatic rings. The Labute approximate surface area is 175 Å². The molecule has 0 bridgehead atoms. The summed E-state index contributed by atoms with van der Waals surface area (Å²) in [6.07, 6.45) is 10.7. The third-order valence-corrected chi connectivity index (χ3v) is 4.10. The quantitative estimate of drug-likeness (QED) is 0.221. The molecule has 1 unspecified atom stereocenters. The van der Waals surface area contributed by atoms with Crippen LogP contribution in [-0.4, -0.2) is 82.4 Å². The molecule has 3 N–H and O–H groups in total. The number of carbonyl (C=O) groups is 2. The number of hydrogen-bond acceptors (Lipinski definition) is 4. The molecule has 0 saturated heterocycles. The van der Waals surface area contributed by atoms with Gasteiger partial charge in [0.15, 0.2) is 0 Å².